The number of nitrogens with zero attached hydrogens (tertiary/aromatic N) is 2. The van der Waals surface area contributed by atoms with E-state index in [0.717, 1.165) is 0 Å². The van der Waals surface area contributed by atoms with Crippen LogP contribution >= 0.6 is 11.6 Å². The maximum Gasteiger partial charge on any atom is 0.247 e. The van der Waals surface area contributed by atoms with Crippen molar-refractivity contribution in [2.24, 2.45) is 0 Å². The summed E-state index contributed by atoms with van der Waals surface area (Å²) in [6.45, 7) is 11.1. The number of aromatic nitrogens is 1. The Balaban J connectivity index is 2.23. The molecular formula is C23H29ClN4O4. The molecule has 3 amide bonds. The lowest BCUT2D eigenvalue weighted by Gasteiger charge is -2.33. The van der Waals surface area contributed by atoms with E-state index < -0.39 is 17.5 Å². The van der Waals surface area contributed by atoms with E-state index in [1.807, 2.05) is 20.8 Å². The van der Waals surface area contributed by atoms with Crippen LogP contribution in [0.15, 0.2) is 47.5 Å². The minimum atomic E-state index is -0.977. The van der Waals surface area contributed by atoms with Crippen molar-refractivity contribution in [2.45, 2.75) is 52.1 Å². The van der Waals surface area contributed by atoms with E-state index in [-0.39, 0.29) is 37.0 Å². The summed E-state index contributed by atoms with van der Waals surface area (Å²) < 4.78 is 4.91. The van der Waals surface area contributed by atoms with Gasteiger partial charge in [0.25, 0.3) is 0 Å². The Morgan fingerprint density at radius 3 is 2.50 bits per heavy atom. The lowest BCUT2D eigenvalue weighted by atomic mass is 10.0. The van der Waals surface area contributed by atoms with Crippen molar-refractivity contribution in [1.82, 2.24) is 15.4 Å². The molecule has 9 heteroatoms. The molecule has 0 radical (unpaired) electrons. The third-order valence-corrected chi connectivity index (χ3v) is 4.71. The molecule has 1 aromatic heterocycles. The molecule has 0 aliphatic rings. The summed E-state index contributed by atoms with van der Waals surface area (Å²) in [6.07, 6.45) is 1.33. The number of carbonyl (C=O) groups excluding carboxylic acids is 3. The van der Waals surface area contributed by atoms with Gasteiger partial charge >= 0.3 is 0 Å². The standard InChI is InChI=1S/C23H29ClN4O4/c1-6-13-28(20(30)12-11-19(29)25-18-14-15(2)32-27-18)21(22(31)26-23(3,4)5)16-9-7-8-10-17(16)24/h6-10,14,21H,1,11-13H2,2-5H3,(H,26,31)(H,25,27,29). The van der Waals surface area contributed by atoms with Crippen LogP contribution in [-0.4, -0.2) is 39.9 Å². The highest BCUT2D eigenvalue weighted by atomic mass is 35.5. The number of hydrogen-bond acceptors (Lipinski definition) is 5. The number of rotatable bonds is 9. The molecule has 172 valence electrons. The quantitative estimate of drug-likeness (QED) is 0.550. The number of benzene rings is 1. The van der Waals surface area contributed by atoms with Crippen LogP contribution in [0.3, 0.4) is 0 Å². The zero-order valence-electron chi connectivity index (χ0n) is 18.8. The summed E-state index contributed by atoms with van der Waals surface area (Å²) >= 11 is 6.38. The van der Waals surface area contributed by atoms with E-state index in [1.54, 1.807) is 37.3 Å². The molecule has 2 aromatic rings. The topological polar surface area (TPSA) is 105 Å². The van der Waals surface area contributed by atoms with Crippen LogP contribution in [-0.2, 0) is 14.4 Å². The molecular weight excluding hydrogens is 432 g/mol. The average molecular weight is 461 g/mol. The van der Waals surface area contributed by atoms with E-state index in [4.69, 9.17) is 16.1 Å². The number of amides is 3. The fourth-order valence-corrected chi connectivity index (χ4v) is 3.31. The van der Waals surface area contributed by atoms with Crippen LogP contribution in [0.2, 0.25) is 5.02 Å². The van der Waals surface area contributed by atoms with Crippen LogP contribution in [0, 0.1) is 6.92 Å². The molecule has 0 saturated heterocycles. The molecule has 1 heterocycles. The number of halogens is 1. The number of anilines is 1. The monoisotopic (exact) mass is 460 g/mol. The van der Waals surface area contributed by atoms with Crippen molar-refractivity contribution in [3.05, 3.63) is 59.3 Å². The molecule has 2 N–H and O–H groups in total. The number of aryl methyl sites for hydroxylation is 1. The van der Waals surface area contributed by atoms with Gasteiger partial charge in [0.1, 0.15) is 11.8 Å². The highest BCUT2D eigenvalue weighted by molar-refractivity contribution is 6.31. The molecule has 0 aliphatic heterocycles. The van der Waals surface area contributed by atoms with E-state index in [0.29, 0.717) is 16.3 Å². The summed E-state index contributed by atoms with van der Waals surface area (Å²) in [6, 6.07) is 7.47. The molecule has 0 spiro atoms. The van der Waals surface area contributed by atoms with Crippen LogP contribution in [0.5, 0.6) is 0 Å². The first-order chi connectivity index (χ1) is 15.0. The minimum Gasteiger partial charge on any atom is -0.360 e. The highest BCUT2D eigenvalue weighted by Crippen LogP contribution is 2.29. The van der Waals surface area contributed by atoms with Gasteiger partial charge in [0, 0.05) is 41.6 Å². The van der Waals surface area contributed by atoms with Crippen LogP contribution in [0.1, 0.15) is 51.0 Å². The third-order valence-electron chi connectivity index (χ3n) is 4.37. The maximum atomic E-state index is 13.2. The first-order valence-electron chi connectivity index (χ1n) is 10.2. The Bertz CT molecular complexity index is 980. The number of hydrogen-bond donors (Lipinski definition) is 2. The van der Waals surface area contributed by atoms with Gasteiger partial charge in [-0.15, -0.1) is 6.58 Å². The number of carbonyl (C=O) groups is 3. The second-order valence-electron chi connectivity index (χ2n) is 8.37. The van der Waals surface area contributed by atoms with Crippen molar-refractivity contribution >= 4 is 35.1 Å². The summed E-state index contributed by atoms with van der Waals surface area (Å²) in [7, 11) is 0. The van der Waals surface area contributed by atoms with Crippen molar-refractivity contribution in [2.75, 3.05) is 11.9 Å². The summed E-state index contributed by atoms with van der Waals surface area (Å²) in [4.78, 5) is 40.0. The van der Waals surface area contributed by atoms with Gasteiger partial charge in [-0.2, -0.15) is 0 Å². The Hall–Kier alpha value is -3.13. The number of nitrogens with one attached hydrogen (secondary N) is 2. The minimum absolute atomic E-state index is 0.0888. The van der Waals surface area contributed by atoms with Gasteiger partial charge < -0.3 is 20.1 Å². The summed E-state index contributed by atoms with van der Waals surface area (Å²) in [5, 5.41) is 9.56. The predicted molar refractivity (Wildman–Crippen MR) is 123 cm³/mol. The van der Waals surface area contributed by atoms with Crippen molar-refractivity contribution in [1.29, 1.82) is 0 Å². The SMILES string of the molecule is C=CCN(C(=O)CCC(=O)Nc1cc(C)on1)C(C(=O)NC(C)(C)C)c1ccccc1Cl. The fraction of sp³-hybridized carbons (Fsp3) is 0.391. The molecule has 1 atom stereocenters. The molecule has 0 aliphatic carbocycles. The van der Waals surface area contributed by atoms with Crippen molar-refractivity contribution < 1.29 is 18.9 Å². The summed E-state index contributed by atoms with van der Waals surface area (Å²) in [5.41, 5.74) is -0.0246. The molecule has 0 saturated carbocycles. The van der Waals surface area contributed by atoms with E-state index in [1.165, 1.54) is 11.0 Å². The van der Waals surface area contributed by atoms with Gasteiger partial charge in [0.2, 0.25) is 17.7 Å². The zero-order valence-corrected chi connectivity index (χ0v) is 19.5. The van der Waals surface area contributed by atoms with Crippen molar-refractivity contribution in [3.63, 3.8) is 0 Å². The Morgan fingerprint density at radius 2 is 1.94 bits per heavy atom. The molecule has 32 heavy (non-hydrogen) atoms. The predicted octanol–water partition coefficient (Wildman–Crippen LogP) is 4.03. The van der Waals surface area contributed by atoms with Gasteiger partial charge in [-0.05, 0) is 33.8 Å². The van der Waals surface area contributed by atoms with Crippen LogP contribution in [0.4, 0.5) is 5.82 Å². The maximum absolute atomic E-state index is 13.2. The smallest absolute Gasteiger partial charge is 0.247 e. The lowest BCUT2D eigenvalue weighted by molar-refractivity contribution is -0.141. The second-order valence-corrected chi connectivity index (χ2v) is 8.78. The fourth-order valence-electron chi connectivity index (χ4n) is 3.07. The highest BCUT2D eigenvalue weighted by Gasteiger charge is 2.33. The van der Waals surface area contributed by atoms with E-state index in [2.05, 4.69) is 22.4 Å². The second kappa shape index (κ2) is 10.9. The van der Waals surface area contributed by atoms with Crippen LogP contribution in [0.25, 0.3) is 0 Å². The molecule has 0 bridgehead atoms. The average Bonchev–Trinajstić information content (AvgIpc) is 3.10. The van der Waals surface area contributed by atoms with E-state index >= 15 is 0 Å². The van der Waals surface area contributed by atoms with Crippen molar-refractivity contribution in [3.8, 4) is 0 Å². The van der Waals surface area contributed by atoms with E-state index in [9.17, 15) is 14.4 Å². The normalized spacial score (nSPS) is 12.0. The largest absolute Gasteiger partial charge is 0.360 e. The Morgan fingerprint density at radius 1 is 1.25 bits per heavy atom. The molecule has 1 aromatic carbocycles. The molecule has 0 fully saturated rings. The van der Waals surface area contributed by atoms with Gasteiger partial charge in [-0.1, -0.05) is 41.0 Å². The Labute approximate surface area is 193 Å². The van der Waals surface area contributed by atoms with Gasteiger partial charge in [-0.25, -0.2) is 0 Å². The lowest BCUT2D eigenvalue weighted by Crippen LogP contribution is -2.49. The molecule has 8 nitrogen and oxygen atoms in total. The zero-order chi connectivity index (χ0) is 23.9. The van der Waals surface area contributed by atoms with Gasteiger partial charge in [-0.3, -0.25) is 14.4 Å². The van der Waals surface area contributed by atoms with Gasteiger partial charge in [0.15, 0.2) is 5.82 Å². The Kier molecular flexibility index (Phi) is 8.60. The summed E-state index contributed by atoms with van der Waals surface area (Å²) in [5.74, 6) is -0.310. The molecule has 2 rings (SSSR count). The third kappa shape index (κ3) is 7.23. The first kappa shape index (κ1) is 25.1. The first-order valence-corrected chi connectivity index (χ1v) is 10.6. The van der Waals surface area contributed by atoms with Crippen LogP contribution < -0.4 is 10.6 Å². The molecule has 1 unspecified atom stereocenters. The van der Waals surface area contributed by atoms with Gasteiger partial charge in [0.05, 0.1) is 0 Å².